The summed E-state index contributed by atoms with van der Waals surface area (Å²) in [6, 6.07) is 13.6. The summed E-state index contributed by atoms with van der Waals surface area (Å²) < 4.78 is 36.3. The fourth-order valence-corrected chi connectivity index (χ4v) is 5.73. The van der Waals surface area contributed by atoms with Crippen molar-refractivity contribution in [2.75, 3.05) is 24.5 Å². The molecule has 4 rings (SSSR count). The molecule has 0 unspecified atom stereocenters. The fraction of sp³-hybridized carbons (Fsp3) is 0.333. The molecule has 0 bridgehead atoms. The summed E-state index contributed by atoms with van der Waals surface area (Å²) in [5.41, 5.74) is 3.43. The molecule has 0 amide bonds. The minimum Gasteiger partial charge on any atom is -0.366 e. The van der Waals surface area contributed by atoms with Crippen molar-refractivity contribution in [3.8, 4) is 0 Å². The van der Waals surface area contributed by atoms with Crippen molar-refractivity contribution in [1.29, 1.82) is 0 Å². The van der Waals surface area contributed by atoms with Gasteiger partial charge in [-0.3, -0.25) is 0 Å². The van der Waals surface area contributed by atoms with E-state index in [1.54, 1.807) is 22.5 Å². The number of aromatic nitrogens is 2. The highest BCUT2D eigenvalue weighted by atomic mass is 32.2. The highest BCUT2D eigenvalue weighted by Gasteiger charge is 2.33. The lowest BCUT2D eigenvalue weighted by molar-refractivity contribution is 0.343. The smallest absolute Gasteiger partial charge is 0.245 e. The van der Waals surface area contributed by atoms with E-state index in [9.17, 15) is 8.42 Å². The molecule has 6 nitrogen and oxygen atoms in total. The summed E-state index contributed by atoms with van der Waals surface area (Å²) in [4.78, 5) is 2.52. The Hall–Kier alpha value is -2.03. The maximum atomic E-state index is 13.2. The maximum Gasteiger partial charge on any atom is 0.245 e. The van der Waals surface area contributed by atoms with Gasteiger partial charge in [0.25, 0.3) is 0 Å². The predicted octanol–water partition coefficient (Wildman–Crippen LogP) is 2.90. The molecule has 1 saturated heterocycles. The van der Waals surface area contributed by atoms with Gasteiger partial charge in [0.2, 0.25) is 10.0 Å². The van der Waals surface area contributed by atoms with E-state index >= 15 is 0 Å². The van der Waals surface area contributed by atoms with Gasteiger partial charge in [-0.25, -0.2) is 8.42 Å². The second-order valence-electron chi connectivity index (χ2n) is 6.63. The van der Waals surface area contributed by atoms with Crippen LogP contribution in [0.25, 0.3) is 11.0 Å². The van der Waals surface area contributed by atoms with Crippen LogP contribution in [0.4, 0.5) is 5.69 Å². The van der Waals surface area contributed by atoms with Gasteiger partial charge in [-0.2, -0.15) is 13.1 Å². The first-order chi connectivity index (χ1) is 12.5. The minimum absolute atomic E-state index is 0.0908. The van der Waals surface area contributed by atoms with Crippen LogP contribution in [0.3, 0.4) is 0 Å². The van der Waals surface area contributed by atoms with Gasteiger partial charge in [0.1, 0.15) is 15.9 Å². The Labute approximate surface area is 157 Å². The lowest BCUT2D eigenvalue weighted by Crippen LogP contribution is -2.53. The molecular weight excluding hydrogens is 368 g/mol. The monoisotopic (exact) mass is 388 g/mol. The zero-order valence-corrected chi connectivity index (χ0v) is 16.3. The van der Waals surface area contributed by atoms with Gasteiger partial charge in [0, 0.05) is 31.4 Å². The molecule has 1 aliphatic heterocycles. The van der Waals surface area contributed by atoms with Crippen LogP contribution in [-0.2, 0) is 10.0 Å². The third-order valence-electron chi connectivity index (χ3n) is 4.79. The molecule has 0 radical (unpaired) electrons. The summed E-state index contributed by atoms with van der Waals surface area (Å²) in [5, 5.41) is 0. The van der Waals surface area contributed by atoms with E-state index in [1.807, 2.05) is 6.07 Å². The van der Waals surface area contributed by atoms with E-state index in [-0.39, 0.29) is 10.9 Å². The Kier molecular flexibility index (Phi) is 4.42. The molecule has 1 aliphatic rings. The number of rotatable bonds is 3. The summed E-state index contributed by atoms with van der Waals surface area (Å²) >= 11 is 1.04. The lowest BCUT2D eigenvalue weighted by atomic mass is 10.1. The van der Waals surface area contributed by atoms with Gasteiger partial charge in [-0.15, -0.1) is 0 Å². The van der Waals surface area contributed by atoms with E-state index in [1.165, 1.54) is 5.56 Å². The van der Waals surface area contributed by atoms with Crippen molar-refractivity contribution in [3.05, 3.63) is 48.0 Å². The van der Waals surface area contributed by atoms with E-state index in [4.69, 9.17) is 0 Å². The van der Waals surface area contributed by atoms with Crippen LogP contribution < -0.4 is 4.90 Å². The Morgan fingerprint density at radius 1 is 1.12 bits per heavy atom. The van der Waals surface area contributed by atoms with Crippen LogP contribution in [0.5, 0.6) is 0 Å². The minimum atomic E-state index is -3.59. The molecule has 1 fully saturated rings. The Bertz CT molecular complexity index is 1050. The number of benzene rings is 2. The predicted molar refractivity (Wildman–Crippen MR) is 104 cm³/mol. The van der Waals surface area contributed by atoms with Crippen molar-refractivity contribution in [2.24, 2.45) is 0 Å². The SMILES string of the molecule is Cc1cccc(N2CCN(S(=O)(=O)c3cccc4nsnc34)C[C@@H]2C)c1. The Morgan fingerprint density at radius 2 is 1.92 bits per heavy atom. The van der Waals surface area contributed by atoms with Crippen molar-refractivity contribution in [1.82, 2.24) is 13.1 Å². The summed E-state index contributed by atoms with van der Waals surface area (Å²) in [7, 11) is -3.59. The number of hydrogen-bond donors (Lipinski definition) is 0. The summed E-state index contributed by atoms with van der Waals surface area (Å²) in [5.74, 6) is 0. The molecule has 2 heterocycles. The number of anilines is 1. The zero-order chi connectivity index (χ0) is 18.3. The average molecular weight is 389 g/mol. The lowest BCUT2D eigenvalue weighted by Gasteiger charge is -2.40. The first-order valence-electron chi connectivity index (χ1n) is 8.51. The van der Waals surface area contributed by atoms with Crippen LogP contribution in [-0.4, -0.2) is 47.1 Å². The second-order valence-corrected chi connectivity index (χ2v) is 9.07. The van der Waals surface area contributed by atoms with Crippen molar-refractivity contribution < 1.29 is 8.42 Å². The molecular formula is C18H20N4O2S2. The zero-order valence-electron chi connectivity index (χ0n) is 14.7. The summed E-state index contributed by atoms with van der Waals surface area (Å²) in [6.07, 6.45) is 0. The van der Waals surface area contributed by atoms with Gasteiger partial charge in [0.15, 0.2) is 0 Å². The normalized spacial score (nSPS) is 19.2. The van der Waals surface area contributed by atoms with E-state index in [2.05, 4.69) is 45.7 Å². The van der Waals surface area contributed by atoms with Crippen molar-refractivity contribution in [2.45, 2.75) is 24.8 Å². The fourth-order valence-electron chi connectivity index (χ4n) is 3.46. The molecule has 8 heteroatoms. The van der Waals surface area contributed by atoms with Crippen LogP contribution >= 0.6 is 11.7 Å². The molecule has 26 heavy (non-hydrogen) atoms. The van der Waals surface area contributed by atoms with Crippen LogP contribution in [0, 0.1) is 6.92 Å². The molecule has 2 aromatic carbocycles. The molecule has 0 N–H and O–H groups in total. The first-order valence-corrected chi connectivity index (χ1v) is 10.7. The van der Waals surface area contributed by atoms with Gasteiger partial charge in [-0.1, -0.05) is 18.2 Å². The van der Waals surface area contributed by atoms with Crippen LogP contribution in [0.1, 0.15) is 12.5 Å². The maximum absolute atomic E-state index is 13.2. The van der Waals surface area contributed by atoms with Crippen molar-refractivity contribution >= 4 is 38.5 Å². The van der Waals surface area contributed by atoms with Crippen molar-refractivity contribution in [3.63, 3.8) is 0 Å². The Balaban J connectivity index is 1.61. The third-order valence-corrected chi connectivity index (χ3v) is 7.23. The average Bonchev–Trinajstić information content (AvgIpc) is 3.10. The highest BCUT2D eigenvalue weighted by Crippen LogP contribution is 2.28. The molecule has 3 aromatic rings. The van der Waals surface area contributed by atoms with Gasteiger partial charge in [-0.05, 0) is 43.7 Å². The van der Waals surface area contributed by atoms with E-state index < -0.39 is 10.0 Å². The number of piperazine rings is 1. The third kappa shape index (κ3) is 2.98. The van der Waals surface area contributed by atoms with E-state index in [0.29, 0.717) is 30.7 Å². The number of fused-ring (bicyclic) bond motifs is 1. The quantitative estimate of drug-likeness (QED) is 0.690. The molecule has 1 aromatic heterocycles. The molecule has 0 spiro atoms. The number of aryl methyl sites for hydroxylation is 1. The topological polar surface area (TPSA) is 66.4 Å². The molecule has 1 atom stereocenters. The largest absolute Gasteiger partial charge is 0.366 e. The molecule has 0 aliphatic carbocycles. The standard InChI is InChI=1S/C18H20N4O2S2/c1-13-5-3-6-15(11-13)22-10-9-21(12-14(22)2)26(23,24)17-8-4-7-16-18(17)20-25-19-16/h3-8,11,14H,9-10,12H2,1-2H3/t14-/m0/s1. The van der Waals surface area contributed by atoms with Crippen LogP contribution in [0.15, 0.2) is 47.4 Å². The number of hydrogen-bond acceptors (Lipinski definition) is 6. The van der Waals surface area contributed by atoms with Gasteiger partial charge >= 0.3 is 0 Å². The number of sulfonamides is 1. The van der Waals surface area contributed by atoms with E-state index in [0.717, 1.165) is 17.4 Å². The Morgan fingerprint density at radius 3 is 2.69 bits per heavy atom. The highest BCUT2D eigenvalue weighted by molar-refractivity contribution is 7.89. The van der Waals surface area contributed by atoms with Gasteiger partial charge in [0.05, 0.1) is 11.7 Å². The number of nitrogens with zero attached hydrogens (tertiary/aromatic N) is 4. The molecule has 0 saturated carbocycles. The van der Waals surface area contributed by atoms with Crippen LogP contribution in [0.2, 0.25) is 0 Å². The van der Waals surface area contributed by atoms with Gasteiger partial charge < -0.3 is 4.90 Å². The molecule has 136 valence electrons. The second kappa shape index (κ2) is 6.61. The summed E-state index contributed by atoms with van der Waals surface area (Å²) in [6.45, 7) is 5.69. The first kappa shape index (κ1) is 17.4.